The highest BCUT2D eigenvalue weighted by Crippen LogP contribution is 2.35. The van der Waals surface area contributed by atoms with Crippen LogP contribution in [-0.2, 0) is 10.9 Å². The summed E-state index contributed by atoms with van der Waals surface area (Å²) in [6.45, 7) is 4.06. The van der Waals surface area contributed by atoms with E-state index in [0.29, 0.717) is 5.56 Å². The van der Waals surface area contributed by atoms with Gasteiger partial charge in [-0.15, -0.1) is 0 Å². The lowest BCUT2D eigenvalue weighted by Crippen LogP contribution is -2.16. The number of hydrogen-bond donors (Lipinski definition) is 1. The maximum Gasteiger partial charge on any atom is 0.416 e. The number of rotatable bonds is 6. The van der Waals surface area contributed by atoms with Crippen LogP contribution in [0.15, 0.2) is 36.4 Å². The molecule has 2 aromatic carbocycles. The molecule has 0 aliphatic carbocycles. The smallest absolute Gasteiger partial charge is 0.416 e. The van der Waals surface area contributed by atoms with Gasteiger partial charge in [-0.25, -0.2) is 0 Å². The molecular weight excluding hydrogens is 347 g/mol. The number of halogens is 3. The standard InChI is InChI=1S/C19H20F3NO3/c1-12-5-4-6-15(13(12)2)18(24)23-16-11-14(19(20,21)22)7-8-17(16)26-10-9-25-3/h4-8,11H,9-10H2,1-3H3,(H,23,24). The first-order chi connectivity index (χ1) is 12.2. The normalized spacial score (nSPS) is 11.3. The van der Waals surface area contributed by atoms with Crippen LogP contribution in [0.4, 0.5) is 18.9 Å². The number of carbonyl (C=O) groups is 1. The molecule has 140 valence electrons. The third-order valence-electron chi connectivity index (χ3n) is 3.95. The van der Waals surface area contributed by atoms with Crippen LogP contribution in [0.1, 0.15) is 27.0 Å². The predicted molar refractivity (Wildman–Crippen MR) is 92.7 cm³/mol. The largest absolute Gasteiger partial charge is 0.489 e. The van der Waals surface area contributed by atoms with Crippen LogP contribution in [0.5, 0.6) is 5.75 Å². The van der Waals surface area contributed by atoms with Gasteiger partial charge in [-0.3, -0.25) is 4.79 Å². The number of carbonyl (C=O) groups excluding carboxylic acids is 1. The lowest BCUT2D eigenvalue weighted by Gasteiger charge is -2.16. The van der Waals surface area contributed by atoms with E-state index in [1.165, 1.54) is 13.2 Å². The summed E-state index contributed by atoms with van der Waals surface area (Å²) in [4.78, 5) is 12.6. The Labute approximate surface area is 149 Å². The van der Waals surface area contributed by atoms with Crippen molar-refractivity contribution in [1.29, 1.82) is 0 Å². The minimum atomic E-state index is -4.52. The van der Waals surface area contributed by atoms with Crippen LogP contribution in [0.25, 0.3) is 0 Å². The van der Waals surface area contributed by atoms with Crippen molar-refractivity contribution >= 4 is 11.6 Å². The van der Waals surface area contributed by atoms with Crippen molar-refractivity contribution in [1.82, 2.24) is 0 Å². The molecule has 26 heavy (non-hydrogen) atoms. The molecule has 0 unspecified atom stereocenters. The average Bonchev–Trinajstić information content (AvgIpc) is 2.57. The van der Waals surface area contributed by atoms with Crippen LogP contribution in [0, 0.1) is 13.8 Å². The molecule has 0 saturated heterocycles. The highest BCUT2D eigenvalue weighted by atomic mass is 19.4. The van der Waals surface area contributed by atoms with Gasteiger partial charge >= 0.3 is 6.18 Å². The summed E-state index contributed by atoms with van der Waals surface area (Å²) in [5, 5.41) is 2.53. The van der Waals surface area contributed by atoms with Gasteiger partial charge in [0.15, 0.2) is 0 Å². The Kier molecular flexibility index (Phi) is 6.26. The van der Waals surface area contributed by atoms with Gasteiger partial charge in [-0.1, -0.05) is 12.1 Å². The molecule has 0 atom stereocenters. The molecule has 1 amide bonds. The SMILES string of the molecule is COCCOc1ccc(C(F)(F)F)cc1NC(=O)c1cccc(C)c1C. The maximum atomic E-state index is 13.0. The molecule has 0 bridgehead atoms. The van der Waals surface area contributed by atoms with Crippen LogP contribution in [0.3, 0.4) is 0 Å². The summed E-state index contributed by atoms with van der Waals surface area (Å²) < 4.78 is 49.3. The van der Waals surface area contributed by atoms with Crippen molar-refractivity contribution in [3.05, 3.63) is 58.7 Å². The first kappa shape index (κ1) is 19.8. The Morgan fingerprint density at radius 2 is 1.85 bits per heavy atom. The number of alkyl halides is 3. The Morgan fingerprint density at radius 1 is 1.12 bits per heavy atom. The molecule has 0 radical (unpaired) electrons. The second-order valence-electron chi connectivity index (χ2n) is 5.75. The number of nitrogens with one attached hydrogen (secondary N) is 1. The number of ether oxygens (including phenoxy) is 2. The van der Waals surface area contributed by atoms with Gasteiger partial charge in [-0.2, -0.15) is 13.2 Å². The molecule has 0 fully saturated rings. The lowest BCUT2D eigenvalue weighted by molar-refractivity contribution is -0.137. The van der Waals surface area contributed by atoms with Crippen molar-refractivity contribution < 1.29 is 27.4 Å². The summed E-state index contributed by atoms with van der Waals surface area (Å²) in [7, 11) is 1.49. The number of methoxy groups -OCH3 is 1. The van der Waals surface area contributed by atoms with Crippen molar-refractivity contribution in [3.63, 3.8) is 0 Å². The van der Waals surface area contributed by atoms with Gasteiger partial charge in [0, 0.05) is 12.7 Å². The first-order valence-corrected chi connectivity index (χ1v) is 7.94. The third-order valence-corrected chi connectivity index (χ3v) is 3.95. The summed E-state index contributed by atoms with van der Waals surface area (Å²) in [6.07, 6.45) is -4.52. The van der Waals surface area contributed by atoms with Crippen LogP contribution in [-0.4, -0.2) is 26.2 Å². The summed E-state index contributed by atoms with van der Waals surface area (Å²) in [5.74, 6) is -0.351. The van der Waals surface area contributed by atoms with Gasteiger partial charge in [0.05, 0.1) is 17.9 Å². The van der Waals surface area contributed by atoms with E-state index in [2.05, 4.69) is 5.32 Å². The molecule has 0 spiro atoms. The number of amides is 1. The summed E-state index contributed by atoms with van der Waals surface area (Å²) in [5.41, 5.74) is 1.16. The van der Waals surface area contributed by atoms with Gasteiger partial charge < -0.3 is 14.8 Å². The van der Waals surface area contributed by atoms with Crippen LogP contribution < -0.4 is 10.1 Å². The Balaban J connectivity index is 2.34. The fraction of sp³-hybridized carbons (Fsp3) is 0.316. The van der Waals surface area contributed by atoms with Gasteiger partial charge in [-0.05, 0) is 49.2 Å². The highest BCUT2D eigenvalue weighted by molar-refractivity contribution is 6.06. The van der Waals surface area contributed by atoms with Crippen LogP contribution in [0.2, 0.25) is 0 Å². The summed E-state index contributed by atoms with van der Waals surface area (Å²) in [6, 6.07) is 8.17. The minimum absolute atomic E-state index is 0.0400. The number of benzene rings is 2. The zero-order valence-corrected chi connectivity index (χ0v) is 14.7. The third kappa shape index (κ3) is 4.76. The van der Waals surface area contributed by atoms with E-state index in [0.717, 1.165) is 23.3 Å². The summed E-state index contributed by atoms with van der Waals surface area (Å²) >= 11 is 0. The zero-order valence-electron chi connectivity index (χ0n) is 14.7. The quantitative estimate of drug-likeness (QED) is 0.759. The van der Waals surface area contributed by atoms with E-state index in [1.54, 1.807) is 19.1 Å². The monoisotopic (exact) mass is 367 g/mol. The topological polar surface area (TPSA) is 47.6 Å². The van der Waals surface area contributed by atoms with E-state index in [-0.39, 0.29) is 24.7 Å². The molecule has 7 heteroatoms. The number of aryl methyl sites for hydroxylation is 1. The van der Waals surface area contributed by atoms with E-state index in [1.807, 2.05) is 13.0 Å². The molecule has 0 aliphatic rings. The van der Waals surface area contributed by atoms with Gasteiger partial charge in [0.1, 0.15) is 12.4 Å². The molecule has 0 aliphatic heterocycles. The molecule has 4 nitrogen and oxygen atoms in total. The minimum Gasteiger partial charge on any atom is -0.489 e. The van der Waals surface area contributed by atoms with E-state index in [4.69, 9.17) is 9.47 Å². The molecule has 1 N–H and O–H groups in total. The Hall–Kier alpha value is -2.54. The molecule has 0 aromatic heterocycles. The molecule has 2 aromatic rings. The van der Waals surface area contributed by atoms with Crippen LogP contribution >= 0.6 is 0 Å². The van der Waals surface area contributed by atoms with Crippen molar-refractivity contribution in [2.24, 2.45) is 0 Å². The van der Waals surface area contributed by atoms with Crippen molar-refractivity contribution in [2.45, 2.75) is 20.0 Å². The fourth-order valence-electron chi connectivity index (χ4n) is 2.35. The van der Waals surface area contributed by atoms with Crippen molar-refractivity contribution in [2.75, 3.05) is 25.6 Å². The van der Waals surface area contributed by atoms with Crippen molar-refractivity contribution in [3.8, 4) is 5.75 Å². The fourth-order valence-corrected chi connectivity index (χ4v) is 2.35. The Morgan fingerprint density at radius 3 is 2.50 bits per heavy atom. The number of hydrogen-bond acceptors (Lipinski definition) is 3. The zero-order chi connectivity index (χ0) is 19.3. The maximum absolute atomic E-state index is 13.0. The molecular formula is C19H20F3NO3. The van der Waals surface area contributed by atoms with E-state index in [9.17, 15) is 18.0 Å². The average molecular weight is 367 g/mol. The predicted octanol–water partition coefficient (Wildman–Crippen LogP) is 4.60. The first-order valence-electron chi connectivity index (χ1n) is 7.94. The Bertz CT molecular complexity index is 788. The van der Waals surface area contributed by atoms with Gasteiger partial charge in [0.2, 0.25) is 0 Å². The highest BCUT2D eigenvalue weighted by Gasteiger charge is 2.31. The van der Waals surface area contributed by atoms with Gasteiger partial charge in [0.25, 0.3) is 5.91 Å². The van der Waals surface area contributed by atoms with E-state index >= 15 is 0 Å². The lowest BCUT2D eigenvalue weighted by atomic mass is 10.0. The second-order valence-corrected chi connectivity index (χ2v) is 5.75. The number of anilines is 1. The molecule has 2 rings (SSSR count). The molecule has 0 saturated carbocycles. The van der Waals surface area contributed by atoms with E-state index < -0.39 is 17.6 Å². The second kappa shape index (κ2) is 8.23. The molecule has 0 heterocycles.